The molecule has 0 saturated carbocycles. The quantitative estimate of drug-likeness (QED) is 0.816. The minimum Gasteiger partial charge on any atom is -0.352 e. The van der Waals surface area contributed by atoms with E-state index in [2.05, 4.69) is 5.32 Å². The Balaban J connectivity index is 1.72. The smallest absolute Gasteiger partial charge is 0.294 e. The van der Waals surface area contributed by atoms with Crippen molar-refractivity contribution in [1.29, 1.82) is 0 Å². The number of nitrogens with zero attached hydrogens (tertiary/aromatic N) is 2. The zero-order valence-electron chi connectivity index (χ0n) is 15.1. The Morgan fingerprint density at radius 2 is 1.89 bits per heavy atom. The van der Waals surface area contributed by atoms with E-state index in [1.54, 1.807) is 6.08 Å². The van der Waals surface area contributed by atoms with Gasteiger partial charge in [-0.3, -0.25) is 19.3 Å². The van der Waals surface area contributed by atoms with Gasteiger partial charge in [0.15, 0.2) is 0 Å². The molecule has 1 aromatic carbocycles. The van der Waals surface area contributed by atoms with Crippen LogP contribution in [-0.2, 0) is 16.6 Å². The summed E-state index contributed by atoms with van der Waals surface area (Å²) in [4.78, 5) is 38.0. The Kier molecular flexibility index (Phi) is 5.18. The zero-order chi connectivity index (χ0) is 19.7. The van der Waals surface area contributed by atoms with Crippen LogP contribution in [0.15, 0.2) is 35.2 Å². The maximum atomic E-state index is 12.9. The van der Waals surface area contributed by atoms with Crippen molar-refractivity contribution >= 4 is 40.6 Å². The Bertz CT molecular complexity index is 963. The van der Waals surface area contributed by atoms with Gasteiger partial charge in [0.2, 0.25) is 5.91 Å². The first-order valence-electron chi connectivity index (χ1n) is 8.20. The van der Waals surface area contributed by atoms with Crippen LogP contribution in [0.4, 0.5) is 14.9 Å². The second-order valence-corrected chi connectivity index (χ2v) is 7.20. The number of hydrogen-bond acceptors (Lipinski definition) is 4. The fourth-order valence-corrected chi connectivity index (χ4v) is 3.51. The van der Waals surface area contributed by atoms with E-state index in [-0.39, 0.29) is 4.91 Å². The van der Waals surface area contributed by atoms with Gasteiger partial charge in [0.05, 0.1) is 4.91 Å². The summed E-state index contributed by atoms with van der Waals surface area (Å²) in [5.74, 6) is -1.45. The molecule has 1 N–H and O–H groups in total. The van der Waals surface area contributed by atoms with Gasteiger partial charge < -0.3 is 9.88 Å². The standard InChI is InChI=1S/C19H18FN3O3S/c1-11-8-13(12(2)22(11)3)9-16-18(25)23(19(26)27-16)10-17(24)21-15-6-4-14(20)5-7-15/h4-9H,10H2,1-3H3,(H,21,24). The lowest BCUT2D eigenvalue weighted by Gasteiger charge is -2.12. The summed E-state index contributed by atoms with van der Waals surface area (Å²) in [5.41, 5.74) is 3.26. The Labute approximate surface area is 160 Å². The molecule has 6 nitrogen and oxygen atoms in total. The molecular weight excluding hydrogens is 369 g/mol. The summed E-state index contributed by atoms with van der Waals surface area (Å²) in [6.07, 6.45) is 1.67. The molecular formula is C19H18FN3O3S. The van der Waals surface area contributed by atoms with Crippen LogP contribution in [0.2, 0.25) is 0 Å². The number of amides is 3. The van der Waals surface area contributed by atoms with Gasteiger partial charge in [0.25, 0.3) is 11.1 Å². The van der Waals surface area contributed by atoms with E-state index in [1.807, 2.05) is 31.5 Å². The van der Waals surface area contributed by atoms with Crippen LogP contribution >= 0.6 is 11.8 Å². The molecule has 0 spiro atoms. The first-order chi connectivity index (χ1) is 12.8. The van der Waals surface area contributed by atoms with Crippen LogP contribution in [0.1, 0.15) is 17.0 Å². The normalized spacial score (nSPS) is 15.7. The van der Waals surface area contributed by atoms with E-state index in [4.69, 9.17) is 0 Å². The summed E-state index contributed by atoms with van der Waals surface area (Å²) in [6, 6.07) is 7.17. The maximum absolute atomic E-state index is 12.9. The molecule has 2 aromatic rings. The molecule has 3 amide bonds. The Morgan fingerprint density at radius 1 is 1.22 bits per heavy atom. The fourth-order valence-electron chi connectivity index (χ4n) is 2.69. The lowest BCUT2D eigenvalue weighted by Crippen LogP contribution is -2.36. The highest BCUT2D eigenvalue weighted by atomic mass is 32.2. The number of aromatic nitrogens is 1. The summed E-state index contributed by atoms with van der Waals surface area (Å²) in [6.45, 7) is 3.49. The molecule has 0 unspecified atom stereocenters. The number of aryl methyl sites for hydroxylation is 1. The van der Waals surface area contributed by atoms with Crippen LogP contribution in [0, 0.1) is 19.7 Å². The van der Waals surface area contributed by atoms with E-state index < -0.39 is 29.4 Å². The average Bonchev–Trinajstić information content (AvgIpc) is 3.02. The molecule has 3 rings (SSSR count). The number of carbonyl (C=O) groups excluding carboxylic acids is 3. The third-order valence-electron chi connectivity index (χ3n) is 4.40. The largest absolute Gasteiger partial charge is 0.352 e. The predicted molar refractivity (Wildman–Crippen MR) is 103 cm³/mol. The van der Waals surface area contributed by atoms with Crippen LogP contribution in [0.3, 0.4) is 0 Å². The van der Waals surface area contributed by atoms with E-state index >= 15 is 0 Å². The number of nitrogens with one attached hydrogen (secondary N) is 1. The van der Waals surface area contributed by atoms with Crippen LogP contribution < -0.4 is 5.32 Å². The summed E-state index contributed by atoms with van der Waals surface area (Å²) in [7, 11) is 1.92. The average molecular weight is 387 g/mol. The van der Waals surface area contributed by atoms with Gasteiger partial charge in [-0.2, -0.15) is 0 Å². The molecule has 0 aliphatic carbocycles. The fraction of sp³-hybridized carbons (Fsp3) is 0.211. The lowest BCUT2D eigenvalue weighted by atomic mass is 10.2. The number of hydrogen-bond donors (Lipinski definition) is 1. The first kappa shape index (κ1) is 18.9. The van der Waals surface area contributed by atoms with Crippen molar-refractivity contribution < 1.29 is 18.8 Å². The number of carbonyl (C=O) groups is 3. The van der Waals surface area contributed by atoms with Crippen molar-refractivity contribution in [3.63, 3.8) is 0 Å². The van der Waals surface area contributed by atoms with Crippen LogP contribution in [0.5, 0.6) is 0 Å². The lowest BCUT2D eigenvalue weighted by molar-refractivity contribution is -0.127. The summed E-state index contributed by atoms with van der Waals surface area (Å²) < 4.78 is 14.9. The van der Waals surface area contributed by atoms with E-state index in [9.17, 15) is 18.8 Å². The highest BCUT2D eigenvalue weighted by Gasteiger charge is 2.36. The number of thioether (sulfide) groups is 1. The van der Waals surface area contributed by atoms with E-state index in [1.165, 1.54) is 24.3 Å². The van der Waals surface area contributed by atoms with E-state index in [0.717, 1.165) is 33.6 Å². The Morgan fingerprint density at radius 3 is 2.48 bits per heavy atom. The molecule has 140 valence electrons. The monoisotopic (exact) mass is 387 g/mol. The summed E-state index contributed by atoms with van der Waals surface area (Å²) >= 11 is 0.810. The molecule has 1 aromatic heterocycles. The first-order valence-corrected chi connectivity index (χ1v) is 9.01. The third-order valence-corrected chi connectivity index (χ3v) is 5.31. The van der Waals surface area contributed by atoms with Gasteiger partial charge in [0, 0.05) is 24.1 Å². The van der Waals surface area contributed by atoms with Crippen molar-refractivity contribution in [2.45, 2.75) is 13.8 Å². The number of benzene rings is 1. The second-order valence-electron chi connectivity index (χ2n) is 6.21. The minimum atomic E-state index is -0.531. The van der Waals surface area contributed by atoms with Crippen molar-refractivity contribution in [2.24, 2.45) is 7.05 Å². The number of imide groups is 1. The zero-order valence-corrected chi connectivity index (χ0v) is 15.9. The van der Waals surface area contributed by atoms with Gasteiger partial charge in [0.1, 0.15) is 12.4 Å². The maximum Gasteiger partial charge on any atom is 0.294 e. The number of anilines is 1. The molecule has 0 bridgehead atoms. The molecule has 1 aliphatic heterocycles. The third kappa shape index (κ3) is 3.95. The van der Waals surface area contributed by atoms with Crippen LogP contribution in [0.25, 0.3) is 6.08 Å². The SMILES string of the molecule is Cc1cc(C=C2SC(=O)N(CC(=O)Nc3ccc(F)cc3)C2=O)c(C)n1C. The van der Waals surface area contributed by atoms with Crippen molar-refractivity contribution in [3.8, 4) is 0 Å². The number of halogens is 1. The minimum absolute atomic E-state index is 0.281. The Hall–Kier alpha value is -2.87. The second kappa shape index (κ2) is 7.40. The van der Waals surface area contributed by atoms with Crippen LogP contribution in [-0.4, -0.2) is 33.1 Å². The molecule has 1 saturated heterocycles. The number of rotatable bonds is 4. The van der Waals surface area contributed by atoms with Crippen molar-refractivity contribution in [2.75, 3.05) is 11.9 Å². The highest BCUT2D eigenvalue weighted by molar-refractivity contribution is 8.18. The molecule has 1 aliphatic rings. The van der Waals surface area contributed by atoms with Gasteiger partial charge >= 0.3 is 0 Å². The van der Waals surface area contributed by atoms with Gasteiger partial charge in [-0.15, -0.1) is 0 Å². The van der Waals surface area contributed by atoms with Crippen molar-refractivity contribution in [1.82, 2.24) is 9.47 Å². The predicted octanol–water partition coefficient (Wildman–Crippen LogP) is 3.46. The van der Waals surface area contributed by atoms with Crippen molar-refractivity contribution in [3.05, 3.63) is 58.0 Å². The topological polar surface area (TPSA) is 71.4 Å². The summed E-state index contributed by atoms with van der Waals surface area (Å²) in [5, 5.41) is 2.04. The molecule has 0 atom stereocenters. The molecule has 27 heavy (non-hydrogen) atoms. The molecule has 0 radical (unpaired) electrons. The molecule has 2 heterocycles. The molecule has 1 fully saturated rings. The van der Waals surface area contributed by atoms with E-state index in [0.29, 0.717) is 5.69 Å². The van der Waals surface area contributed by atoms with Gasteiger partial charge in [-0.05, 0) is 67.6 Å². The molecule has 8 heteroatoms. The van der Waals surface area contributed by atoms with Gasteiger partial charge in [-0.25, -0.2) is 4.39 Å². The van der Waals surface area contributed by atoms with Gasteiger partial charge in [-0.1, -0.05) is 0 Å². The highest BCUT2D eigenvalue weighted by Crippen LogP contribution is 2.33.